The van der Waals surface area contributed by atoms with Gasteiger partial charge in [0.2, 0.25) is 17.4 Å². The molecule has 1 aromatic carbocycles. The molecule has 4 rings (SSSR count). The van der Waals surface area contributed by atoms with E-state index in [1.54, 1.807) is 12.1 Å². The number of carbonyl (C=O) groups is 1. The number of carboxylic acid groups (broad SMARTS) is 1. The summed E-state index contributed by atoms with van der Waals surface area (Å²) in [5, 5.41) is 10.3. The summed E-state index contributed by atoms with van der Waals surface area (Å²) in [4.78, 5) is 16.4. The van der Waals surface area contributed by atoms with Gasteiger partial charge in [-0.3, -0.25) is 0 Å². The van der Waals surface area contributed by atoms with Crippen LogP contribution in [0.3, 0.4) is 0 Å². The van der Waals surface area contributed by atoms with E-state index in [9.17, 15) is 9.90 Å². The average Bonchev–Trinajstić information content (AvgIpc) is 3.37. The van der Waals surface area contributed by atoms with E-state index in [0.717, 1.165) is 49.2 Å². The number of aryl methyl sites for hydroxylation is 1. The maximum atomic E-state index is 12.1. The normalized spacial score (nSPS) is 19.6. The minimum absolute atomic E-state index is 0.276. The van der Waals surface area contributed by atoms with E-state index < -0.39 is 11.6 Å². The van der Waals surface area contributed by atoms with Crippen LogP contribution in [-0.2, 0) is 20.7 Å². The van der Waals surface area contributed by atoms with Crippen LogP contribution < -0.4 is 14.2 Å². The molecule has 2 aromatic rings. The van der Waals surface area contributed by atoms with Crippen LogP contribution in [0, 0.1) is 5.92 Å². The van der Waals surface area contributed by atoms with Crippen LogP contribution in [0.25, 0.3) is 11.1 Å². The largest absolute Gasteiger partial charge is 0.481 e. The number of rotatable bonds is 9. The summed E-state index contributed by atoms with van der Waals surface area (Å²) in [5.41, 5.74) is 1.33. The van der Waals surface area contributed by atoms with E-state index in [0.29, 0.717) is 48.6 Å². The molecule has 1 N–H and O–H groups in total. The van der Waals surface area contributed by atoms with Crippen molar-refractivity contribution in [2.24, 2.45) is 5.92 Å². The van der Waals surface area contributed by atoms with Crippen molar-refractivity contribution in [2.45, 2.75) is 37.7 Å². The van der Waals surface area contributed by atoms with Crippen LogP contribution in [0.1, 0.15) is 31.2 Å². The number of ether oxygens (including phenoxy) is 5. The Morgan fingerprint density at radius 1 is 1.15 bits per heavy atom. The molecule has 0 radical (unpaired) electrons. The molecule has 184 valence electrons. The third kappa shape index (κ3) is 5.24. The predicted molar refractivity (Wildman–Crippen MR) is 126 cm³/mol. The molecule has 34 heavy (non-hydrogen) atoms. The first-order valence-corrected chi connectivity index (χ1v) is 11.8. The van der Waals surface area contributed by atoms with Gasteiger partial charge >= 0.3 is 5.97 Å². The molecule has 1 atom stereocenters. The number of hydrogen-bond acceptors (Lipinski definition) is 7. The molecular weight excluding hydrogens is 462 g/mol. The molecule has 0 spiro atoms. The van der Waals surface area contributed by atoms with Gasteiger partial charge in [-0.15, -0.1) is 0 Å². The quantitative estimate of drug-likeness (QED) is 0.551. The Bertz CT molecular complexity index is 1020. The fraction of sp³-hybridized carbons (Fsp3) is 0.520. The Balaban J connectivity index is 1.72. The van der Waals surface area contributed by atoms with Crippen molar-refractivity contribution in [3.05, 3.63) is 34.9 Å². The summed E-state index contributed by atoms with van der Waals surface area (Å²) < 4.78 is 27.7. The van der Waals surface area contributed by atoms with Crippen molar-refractivity contribution in [3.63, 3.8) is 0 Å². The summed E-state index contributed by atoms with van der Waals surface area (Å²) >= 11 is 6.64. The van der Waals surface area contributed by atoms with E-state index in [-0.39, 0.29) is 5.88 Å². The molecule has 8 nitrogen and oxygen atoms in total. The van der Waals surface area contributed by atoms with Crippen molar-refractivity contribution in [1.29, 1.82) is 0 Å². The van der Waals surface area contributed by atoms with Crippen LogP contribution >= 0.6 is 11.6 Å². The van der Waals surface area contributed by atoms with Gasteiger partial charge in [-0.2, -0.15) is 4.98 Å². The van der Waals surface area contributed by atoms with Gasteiger partial charge in [0, 0.05) is 37.7 Å². The second-order valence-corrected chi connectivity index (χ2v) is 9.01. The molecule has 2 aliphatic heterocycles. The van der Waals surface area contributed by atoms with Gasteiger partial charge in [-0.05, 0) is 48.4 Å². The minimum atomic E-state index is -1.29. The standard InChI is InChI=1S/C25H30ClNO7/c1-30-21-14-20(22(26)23(27-21)31-2)19-6-5-18(13-17(19)4-3-16-7-10-33-15-16)34-25(24(28)29)8-11-32-12-9-25/h5-6,13-14,16H,3-4,7-12,15H2,1-2H3,(H,28,29). The lowest BCUT2D eigenvalue weighted by molar-refractivity contribution is -0.163. The summed E-state index contributed by atoms with van der Waals surface area (Å²) in [6, 6.07) is 7.39. The van der Waals surface area contributed by atoms with Crippen LogP contribution in [0.15, 0.2) is 24.3 Å². The molecular formula is C25H30ClNO7. The van der Waals surface area contributed by atoms with Gasteiger partial charge in [-0.1, -0.05) is 17.7 Å². The average molecular weight is 492 g/mol. The highest BCUT2D eigenvalue weighted by Gasteiger charge is 2.43. The fourth-order valence-corrected chi connectivity index (χ4v) is 4.76. The Morgan fingerprint density at radius 3 is 2.59 bits per heavy atom. The fourth-order valence-electron chi connectivity index (χ4n) is 4.48. The maximum absolute atomic E-state index is 12.1. The number of aliphatic carboxylic acids is 1. The maximum Gasteiger partial charge on any atom is 0.348 e. The zero-order chi connectivity index (χ0) is 24.1. The van der Waals surface area contributed by atoms with Gasteiger partial charge in [0.15, 0.2) is 0 Å². The van der Waals surface area contributed by atoms with E-state index in [4.69, 9.17) is 35.3 Å². The first kappa shape index (κ1) is 24.6. The second kappa shape index (κ2) is 10.8. The Morgan fingerprint density at radius 2 is 1.94 bits per heavy atom. The lowest BCUT2D eigenvalue weighted by Crippen LogP contribution is -2.49. The summed E-state index contributed by atoms with van der Waals surface area (Å²) in [7, 11) is 3.05. The zero-order valence-corrected chi connectivity index (χ0v) is 20.2. The summed E-state index contributed by atoms with van der Waals surface area (Å²) in [6.07, 6.45) is 3.32. The van der Waals surface area contributed by atoms with Crippen molar-refractivity contribution < 1.29 is 33.6 Å². The molecule has 2 aliphatic rings. The topological polar surface area (TPSA) is 96.3 Å². The van der Waals surface area contributed by atoms with E-state index in [2.05, 4.69) is 4.98 Å². The Hall–Kier alpha value is -2.55. The lowest BCUT2D eigenvalue weighted by atomic mass is 9.92. The highest BCUT2D eigenvalue weighted by atomic mass is 35.5. The molecule has 9 heteroatoms. The highest BCUT2D eigenvalue weighted by Crippen LogP contribution is 2.40. The monoisotopic (exact) mass is 491 g/mol. The third-order valence-electron chi connectivity index (χ3n) is 6.52. The molecule has 1 aromatic heterocycles. The van der Waals surface area contributed by atoms with Gasteiger partial charge in [0.05, 0.1) is 27.4 Å². The SMILES string of the molecule is COc1cc(-c2ccc(OC3(C(=O)O)CCOCC3)cc2CCC2CCOC2)c(Cl)c(OC)n1. The highest BCUT2D eigenvalue weighted by molar-refractivity contribution is 6.34. The first-order chi connectivity index (χ1) is 16.5. The van der Waals surface area contributed by atoms with E-state index in [1.807, 2.05) is 12.1 Å². The molecule has 0 saturated carbocycles. The smallest absolute Gasteiger partial charge is 0.348 e. The van der Waals surface area contributed by atoms with Crippen molar-refractivity contribution >= 4 is 17.6 Å². The van der Waals surface area contributed by atoms with Crippen LogP contribution in [0.4, 0.5) is 0 Å². The number of nitrogens with zero attached hydrogens (tertiary/aromatic N) is 1. The predicted octanol–water partition coefficient (Wildman–Crippen LogP) is 4.40. The lowest BCUT2D eigenvalue weighted by Gasteiger charge is -2.33. The van der Waals surface area contributed by atoms with Crippen molar-refractivity contribution in [1.82, 2.24) is 4.98 Å². The van der Waals surface area contributed by atoms with Gasteiger partial charge < -0.3 is 28.8 Å². The van der Waals surface area contributed by atoms with E-state index in [1.165, 1.54) is 14.2 Å². The summed E-state index contributed by atoms with van der Waals surface area (Å²) in [6.45, 7) is 2.25. The zero-order valence-electron chi connectivity index (χ0n) is 19.5. The summed E-state index contributed by atoms with van der Waals surface area (Å²) in [5.74, 6) is 0.679. The first-order valence-electron chi connectivity index (χ1n) is 11.5. The van der Waals surface area contributed by atoms with Crippen molar-refractivity contribution in [3.8, 4) is 28.6 Å². The number of methoxy groups -OCH3 is 2. The molecule has 2 saturated heterocycles. The van der Waals surface area contributed by atoms with Gasteiger partial charge in [-0.25, -0.2) is 4.79 Å². The molecule has 0 aliphatic carbocycles. The number of carboxylic acids is 1. The van der Waals surface area contributed by atoms with Gasteiger partial charge in [0.25, 0.3) is 0 Å². The number of pyridine rings is 1. The molecule has 1 unspecified atom stereocenters. The minimum Gasteiger partial charge on any atom is -0.481 e. The molecule has 2 fully saturated rings. The number of benzene rings is 1. The van der Waals surface area contributed by atoms with Gasteiger partial charge in [0.1, 0.15) is 10.8 Å². The van der Waals surface area contributed by atoms with Crippen LogP contribution in [0.2, 0.25) is 5.02 Å². The Kier molecular flexibility index (Phi) is 7.80. The van der Waals surface area contributed by atoms with Crippen molar-refractivity contribution in [2.75, 3.05) is 40.6 Å². The van der Waals surface area contributed by atoms with Crippen LogP contribution in [-0.4, -0.2) is 62.3 Å². The van der Waals surface area contributed by atoms with Crippen LogP contribution in [0.5, 0.6) is 17.5 Å². The number of aromatic nitrogens is 1. The van der Waals surface area contributed by atoms with E-state index >= 15 is 0 Å². The molecule has 0 bridgehead atoms. The Labute approximate surface area is 204 Å². The number of halogens is 1. The number of hydrogen-bond donors (Lipinski definition) is 1. The molecule has 3 heterocycles. The second-order valence-electron chi connectivity index (χ2n) is 8.64. The third-order valence-corrected chi connectivity index (χ3v) is 6.89. The molecule has 0 amide bonds.